The van der Waals surface area contributed by atoms with E-state index in [0.29, 0.717) is 12.4 Å². The molecule has 0 unspecified atom stereocenters. The number of ether oxygens (including phenoxy) is 2. The fourth-order valence-corrected chi connectivity index (χ4v) is 3.53. The highest BCUT2D eigenvalue weighted by Crippen LogP contribution is 2.27. The van der Waals surface area contributed by atoms with Crippen molar-refractivity contribution < 1.29 is 14.3 Å². The lowest BCUT2D eigenvalue weighted by Gasteiger charge is -2.17. The van der Waals surface area contributed by atoms with E-state index in [1.54, 1.807) is 14.2 Å². The Labute approximate surface area is 161 Å². The van der Waals surface area contributed by atoms with E-state index in [1.165, 1.54) is 15.9 Å². The first kappa shape index (κ1) is 18.5. The summed E-state index contributed by atoms with van der Waals surface area (Å²) in [5, 5.41) is 0. The van der Waals surface area contributed by atoms with Crippen molar-refractivity contribution >= 4 is 39.8 Å². The summed E-state index contributed by atoms with van der Waals surface area (Å²) in [5.74, 6) is 1.33. The van der Waals surface area contributed by atoms with Crippen LogP contribution in [0.4, 0.5) is 4.79 Å². The zero-order valence-electron chi connectivity index (χ0n) is 14.5. The quantitative estimate of drug-likeness (QED) is 0.507. The van der Waals surface area contributed by atoms with Crippen LogP contribution in [0.2, 0.25) is 0 Å². The number of methoxy groups -OCH3 is 1. The molecule has 6 nitrogen and oxygen atoms in total. The standard InChI is InChI=1S/C18H19N3O3S2/c1-20(11-13-6-4-3-5-7-13)18(22)24-12-17-19-15-10-14(23-2)8-9-16(15)21(17)26-25/h3-10,25H,11-12H2,1-2H3. The fourth-order valence-electron chi connectivity index (χ4n) is 2.56. The predicted octanol–water partition coefficient (Wildman–Crippen LogP) is 4.15. The maximum Gasteiger partial charge on any atom is 0.410 e. The Morgan fingerprint density at radius 1 is 1.27 bits per heavy atom. The topological polar surface area (TPSA) is 56.6 Å². The molecule has 136 valence electrons. The van der Waals surface area contributed by atoms with Crippen molar-refractivity contribution in [2.75, 3.05) is 14.2 Å². The van der Waals surface area contributed by atoms with E-state index in [9.17, 15) is 4.79 Å². The number of carbonyl (C=O) groups excluding carboxylic acids is 1. The van der Waals surface area contributed by atoms with Crippen LogP contribution in [0.1, 0.15) is 11.4 Å². The van der Waals surface area contributed by atoms with E-state index >= 15 is 0 Å². The molecule has 0 aliphatic rings. The molecule has 26 heavy (non-hydrogen) atoms. The molecule has 0 fully saturated rings. The molecule has 0 atom stereocenters. The molecule has 0 radical (unpaired) electrons. The molecule has 0 saturated carbocycles. The van der Waals surface area contributed by atoms with Crippen LogP contribution in [0.3, 0.4) is 0 Å². The van der Waals surface area contributed by atoms with Gasteiger partial charge in [0.05, 0.1) is 18.1 Å². The molecule has 3 aromatic rings. The monoisotopic (exact) mass is 389 g/mol. The second-order valence-electron chi connectivity index (χ2n) is 5.65. The first-order chi connectivity index (χ1) is 12.6. The Balaban J connectivity index is 1.69. The highest BCUT2D eigenvalue weighted by atomic mass is 33.1. The highest BCUT2D eigenvalue weighted by molar-refractivity contribution is 8.68. The van der Waals surface area contributed by atoms with Crippen LogP contribution in [0.5, 0.6) is 5.75 Å². The van der Waals surface area contributed by atoms with Gasteiger partial charge in [0.25, 0.3) is 0 Å². The number of aromatic nitrogens is 2. The van der Waals surface area contributed by atoms with E-state index in [0.717, 1.165) is 22.3 Å². The number of nitrogens with zero attached hydrogens (tertiary/aromatic N) is 3. The van der Waals surface area contributed by atoms with Crippen LogP contribution in [0, 0.1) is 0 Å². The van der Waals surface area contributed by atoms with Crippen LogP contribution >= 0.6 is 22.6 Å². The molecule has 1 aromatic heterocycles. The Bertz CT molecular complexity index is 899. The molecular formula is C18H19N3O3S2. The molecule has 1 amide bonds. The lowest BCUT2D eigenvalue weighted by Crippen LogP contribution is -2.27. The maximum atomic E-state index is 12.3. The SMILES string of the molecule is COc1ccc2c(c1)nc(COC(=O)N(C)Cc1ccccc1)n2SS. The van der Waals surface area contributed by atoms with Crippen LogP contribution in [-0.4, -0.2) is 34.1 Å². The van der Waals surface area contributed by atoms with Crippen LogP contribution in [0.25, 0.3) is 11.0 Å². The smallest absolute Gasteiger partial charge is 0.410 e. The summed E-state index contributed by atoms with van der Waals surface area (Å²) in [6, 6.07) is 15.3. The molecule has 0 bridgehead atoms. The lowest BCUT2D eigenvalue weighted by atomic mass is 10.2. The molecule has 0 aliphatic carbocycles. The number of thiol groups is 1. The van der Waals surface area contributed by atoms with Gasteiger partial charge in [0.1, 0.15) is 5.75 Å². The molecule has 3 rings (SSSR count). The number of carbonyl (C=O) groups is 1. The predicted molar refractivity (Wildman–Crippen MR) is 106 cm³/mol. The van der Waals surface area contributed by atoms with Gasteiger partial charge in [-0.2, -0.15) is 0 Å². The summed E-state index contributed by atoms with van der Waals surface area (Å²) in [5.41, 5.74) is 2.68. The zero-order valence-corrected chi connectivity index (χ0v) is 16.2. The van der Waals surface area contributed by atoms with Gasteiger partial charge in [-0.1, -0.05) is 42.0 Å². The Morgan fingerprint density at radius 3 is 2.73 bits per heavy atom. The van der Waals surface area contributed by atoms with Crippen LogP contribution in [0.15, 0.2) is 48.5 Å². The summed E-state index contributed by atoms with van der Waals surface area (Å²) in [6.07, 6.45) is -0.408. The third-order valence-corrected chi connectivity index (χ3v) is 4.93. The number of imidazole rings is 1. The second kappa shape index (κ2) is 8.37. The van der Waals surface area contributed by atoms with Crippen molar-refractivity contribution in [1.82, 2.24) is 13.9 Å². The van der Waals surface area contributed by atoms with E-state index in [1.807, 2.05) is 52.5 Å². The normalized spacial score (nSPS) is 10.7. The maximum absolute atomic E-state index is 12.3. The van der Waals surface area contributed by atoms with Gasteiger partial charge in [0, 0.05) is 30.6 Å². The summed E-state index contributed by atoms with van der Waals surface area (Å²) in [7, 11) is 4.52. The van der Waals surface area contributed by atoms with Crippen molar-refractivity contribution in [1.29, 1.82) is 0 Å². The molecule has 2 aromatic carbocycles. The number of fused-ring (bicyclic) bond motifs is 1. The molecule has 0 N–H and O–H groups in total. The number of benzene rings is 2. The molecule has 8 heteroatoms. The minimum Gasteiger partial charge on any atom is -0.497 e. The molecule has 0 saturated heterocycles. The Hall–Kier alpha value is -2.32. The molecular weight excluding hydrogens is 370 g/mol. The van der Waals surface area contributed by atoms with Crippen molar-refractivity contribution in [3.8, 4) is 5.75 Å². The third kappa shape index (κ3) is 4.08. The van der Waals surface area contributed by atoms with E-state index < -0.39 is 6.09 Å². The van der Waals surface area contributed by atoms with Crippen molar-refractivity contribution in [3.63, 3.8) is 0 Å². The second-order valence-corrected chi connectivity index (χ2v) is 6.67. The minimum absolute atomic E-state index is 0.0581. The average molecular weight is 390 g/mol. The van der Waals surface area contributed by atoms with Gasteiger partial charge in [0.15, 0.2) is 12.4 Å². The van der Waals surface area contributed by atoms with Gasteiger partial charge in [-0.3, -0.25) is 3.97 Å². The summed E-state index contributed by atoms with van der Waals surface area (Å²) < 4.78 is 12.5. The first-order valence-electron chi connectivity index (χ1n) is 7.91. The lowest BCUT2D eigenvalue weighted by molar-refractivity contribution is 0.100. The minimum atomic E-state index is -0.408. The highest BCUT2D eigenvalue weighted by Gasteiger charge is 2.16. The zero-order chi connectivity index (χ0) is 18.5. The number of amides is 1. The summed E-state index contributed by atoms with van der Waals surface area (Å²) >= 11 is 4.28. The summed E-state index contributed by atoms with van der Waals surface area (Å²) in [6.45, 7) is 0.539. The van der Waals surface area contributed by atoms with Gasteiger partial charge in [-0.25, -0.2) is 9.78 Å². The average Bonchev–Trinajstić information content (AvgIpc) is 3.03. The van der Waals surface area contributed by atoms with Gasteiger partial charge in [-0.05, 0) is 17.7 Å². The van der Waals surface area contributed by atoms with Crippen molar-refractivity contribution in [2.45, 2.75) is 13.2 Å². The van der Waals surface area contributed by atoms with Gasteiger partial charge < -0.3 is 14.4 Å². The molecule has 1 heterocycles. The van der Waals surface area contributed by atoms with Crippen molar-refractivity contribution in [2.24, 2.45) is 0 Å². The number of hydrogen-bond donors (Lipinski definition) is 1. The van der Waals surface area contributed by atoms with Gasteiger partial charge in [0.2, 0.25) is 0 Å². The van der Waals surface area contributed by atoms with E-state index in [-0.39, 0.29) is 6.61 Å². The van der Waals surface area contributed by atoms with E-state index in [2.05, 4.69) is 16.6 Å². The largest absolute Gasteiger partial charge is 0.497 e. The van der Waals surface area contributed by atoms with Gasteiger partial charge in [-0.15, -0.1) is 0 Å². The van der Waals surface area contributed by atoms with Crippen LogP contribution in [-0.2, 0) is 17.9 Å². The number of hydrogen-bond acceptors (Lipinski definition) is 6. The third-order valence-electron chi connectivity index (χ3n) is 3.87. The molecule has 0 aliphatic heterocycles. The Morgan fingerprint density at radius 2 is 2.04 bits per heavy atom. The van der Waals surface area contributed by atoms with E-state index in [4.69, 9.17) is 9.47 Å². The van der Waals surface area contributed by atoms with Gasteiger partial charge >= 0.3 is 6.09 Å². The summed E-state index contributed by atoms with van der Waals surface area (Å²) in [4.78, 5) is 18.3. The number of rotatable bonds is 6. The molecule has 0 spiro atoms. The fraction of sp³-hybridized carbons (Fsp3) is 0.222. The Kier molecular flexibility index (Phi) is 5.95. The van der Waals surface area contributed by atoms with Crippen molar-refractivity contribution in [3.05, 3.63) is 59.9 Å². The van der Waals surface area contributed by atoms with Crippen LogP contribution < -0.4 is 4.74 Å². The first-order valence-corrected chi connectivity index (χ1v) is 9.74.